The minimum Gasteiger partial charge on any atom is -0.507 e. The number of alkyl carbamates (subject to hydrolysis) is 1. The molecule has 0 radical (unpaired) electrons. The SMILES string of the molecule is CC(C)(C)OC(=O)NC(Cc1ccc(O)c(Br)c1)C(=O)O. The third-order valence-corrected chi connectivity index (χ3v) is 3.08. The van der Waals surface area contributed by atoms with E-state index in [0.29, 0.717) is 10.0 Å². The fourth-order valence-electron chi connectivity index (χ4n) is 1.56. The van der Waals surface area contributed by atoms with E-state index in [9.17, 15) is 19.8 Å². The zero-order valence-corrected chi connectivity index (χ0v) is 13.6. The second kappa shape index (κ2) is 6.80. The van der Waals surface area contributed by atoms with Crippen molar-refractivity contribution in [2.45, 2.75) is 38.8 Å². The number of ether oxygens (including phenoxy) is 1. The standard InChI is InChI=1S/C14H18BrNO5/c1-14(2,3)21-13(20)16-10(12(18)19)7-8-4-5-11(17)9(15)6-8/h4-6,10,17H,7H2,1-3H3,(H,16,20)(H,18,19). The van der Waals surface area contributed by atoms with Crippen molar-refractivity contribution in [2.24, 2.45) is 0 Å². The highest BCUT2D eigenvalue weighted by Gasteiger charge is 2.24. The van der Waals surface area contributed by atoms with Crippen LogP contribution in [0.25, 0.3) is 0 Å². The molecule has 0 saturated heterocycles. The summed E-state index contributed by atoms with van der Waals surface area (Å²) in [5.74, 6) is -1.10. The first-order chi connectivity index (χ1) is 9.58. The van der Waals surface area contributed by atoms with E-state index in [4.69, 9.17) is 4.74 Å². The molecule has 0 saturated carbocycles. The molecular formula is C14H18BrNO5. The maximum absolute atomic E-state index is 11.6. The van der Waals surface area contributed by atoms with Crippen molar-refractivity contribution in [2.75, 3.05) is 0 Å². The van der Waals surface area contributed by atoms with Crippen molar-refractivity contribution < 1.29 is 24.5 Å². The van der Waals surface area contributed by atoms with Gasteiger partial charge < -0.3 is 20.3 Å². The lowest BCUT2D eigenvalue weighted by Gasteiger charge is -2.22. The number of hydrogen-bond donors (Lipinski definition) is 3. The van der Waals surface area contributed by atoms with Crippen molar-refractivity contribution in [3.05, 3.63) is 28.2 Å². The Morgan fingerprint density at radius 2 is 2.00 bits per heavy atom. The Labute approximate surface area is 131 Å². The quantitative estimate of drug-likeness (QED) is 0.767. The van der Waals surface area contributed by atoms with Crippen molar-refractivity contribution in [1.82, 2.24) is 5.32 Å². The fraction of sp³-hybridized carbons (Fsp3) is 0.429. The van der Waals surface area contributed by atoms with Crippen LogP contribution in [0.3, 0.4) is 0 Å². The van der Waals surface area contributed by atoms with Gasteiger partial charge in [-0.3, -0.25) is 0 Å². The predicted octanol–water partition coefficient (Wildman–Crippen LogP) is 2.68. The van der Waals surface area contributed by atoms with Gasteiger partial charge in [0.1, 0.15) is 17.4 Å². The first-order valence-corrected chi connectivity index (χ1v) is 7.07. The number of carboxylic acids is 1. The Kier molecular flexibility index (Phi) is 5.60. The van der Waals surface area contributed by atoms with Crippen LogP contribution in [-0.2, 0) is 16.0 Å². The van der Waals surface area contributed by atoms with E-state index in [0.717, 1.165) is 0 Å². The van der Waals surface area contributed by atoms with Gasteiger partial charge in [0.2, 0.25) is 0 Å². The van der Waals surface area contributed by atoms with Crippen LogP contribution in [-0.4, -0.2) is 33.9 Å². The fourth-order valence-corrected chi connectivity index (χ4v) is 1.99. The third-order valence-electron chi connectivity index (χ3n) is 2.44. The lowest BCUT2D eigenvalue weighted by molar-refractivity contribution is -0.139. The third kappa shape index (κ3) is 6.03. The number of aliphatic carboxylic acids is 1. The number of phenolic OH excluding ortho intramolecular Hbond substituents is 1. The summed E-state index contributed by atoms with van der Waals surface area (Å²) in [4.78, 5) is 22.9. The number of nitrogens with one attached hydrogen (secondary N) is 1. The van der Waals surface area contributed by atoms with Crippen LogP contribution in [0.5, 0.6) is 5.75 Å². The zero-order valence-electron chi connectivity index (χ0n) is 12.0. The van der Waals surface area contributed by atoms with Crippen LogP contribution in [0.1, 0.15) is 26.3 Å². The molecule has 1 atom stereocenters. The Bertz CT molecular complexity index is 539. The maximum Gasteiger partial charge on any atom is 0.408 e. The molecule has 1 unspecified atom stereocenters. The van der Waals surface area contributed by atoms with Crippen LogP contribution in [0.2, 0.25) is 0 Å². The summed E-state index contributed by atoms with van der Waals surface area (Å²) >= 11 is 3.15. The lowest BCUT2D eigenvalue weighted by atomic mass is 10.1. The molecule has 0 fully saturated rings. The monoisotopic (exact) mass is 359 g/mol. The number of amides is 1. The molecule has 1 rings (SSSR count). The van der Waals surface area contributed by atoms with Gasteiger partial charge in [0.25, 0.3) is 0 Å². The van der Waals surface area contributed by atoms with E-state index in [-0.39, 0.29) is 12.2 Å². The molecule has 0 aromatic heterocycles. The number of rotatable bonds is 4. The van der Waals surface area contributed by atoms with Crippen LogP contribution in [0, 0.1) is 0 Å². The summed E-state index contributed by atoms with van der Waals surface area (Å²) in [5.41, 5.74) is -0.0440. The first-order valence-electron chi connectivity index (χ1n) is 6.28. The van der Waals surface area contributed by atoms with Gasteiger partial charge in [-0.05, 0) is 54.4 Å². The topological polar surface area (TPSA) is 95.9 Å². The van der Waals surface area contributed by atoms with E-state index in [1.165, 1.54) is 6.07 Å². The molecule has 0 heterocycles. The van der Waals surface area contributed by atoms with Gasteiger partial charge in [0, 0.05) is 6.42 Å². The predicted molar refractivity (Wildman–Crippen MR) is 80.3 cm³/mol. The van der Waals surface area contributed by atoms with Gasteiger partial charge in [0.15, 0.2) is 0 Å². The van der Waals surface area contributed by atoms with E-state index in [2.05, 4.69) is 21.2 Å². The molecule has 6 nitrogen and oxygen atoms in total. The Morgan fingerprint density at radius 1 is 1.38 bits per heavy atom. The summed E-state index contributed by atoms with van der Waals surface area (Å²) in [6, 6.07) is 3.52. The summed E-state index contributed by atoms with van der Waals surface area (Å²) in [6.45, 7) is 5.08. The number of phenols is 1. The summed E-state index contributed by atoms with van der Waals surface area (Å²) in [5, 5.41) is 20.9. The average Bonchev–Trinajstić information content (AvgIpc) is 2.30. The van der Waals surface area contributed by atoms with Crippen LogP contribution in [0.15, 0.2) is 22.7 Å². The number of aromatic hydroxyl groups is 1. The maximum atomic E-state index is 11.6. The van der Waals surface area contributed by atoms with Crippen molar-refractivity contribution in [3.8, 4) is 5.75 Å². The van der Waals surface area contributed by atoms with Crippen molar-refractivity contribution in [3.63, 3.8) is 0 Å². The van der Waals surface area contributed by atoms with Gasteiger partial charge in [-0.25, -0.2) is 9.59 Å². The molecule has 0 spiro atoms. The normalized spacial score (nSPS) is 12.6. The molecule has 1 aromatic rings. The molecule has 116 valence electrons. The average molecular weight is 360 g/mol. The Balaban J connectivity index is 2.76. The molecule has 21 heavy (non-hydrogen) atoms. The molecule has 0 bridgehead atoms. The van der Waals surface area contributed by atoms with Gasteiger partial charge in [-0.2, -0.15) is 0 Å². The van der Waals surface area contributed by atoms with E-state index < -0.39 is 23.7 Å². The molecule has 0 aliphatic rings. The highest BCUT2D eigenvalue weighted by Crippen LogP contribution is 2.24. The number of carbonyl (C=O) groups excluding carboxylic acids is 1. The van der Waals surface area contributed by atoms with Crippen molar-refractivity contribution >= 4 is 28.0 Å². The second-order valence-corrected chi connectivity index (χ2v) is 6.38. The van der Waals surface area contributed by atoms with E-state index >= 15 is 0 Å². The van der Waals surface area contributed by atoms with Gasteiger partial charge >= 0.3 is 12.1 Å². The highest BCUT2D eigenvalue weighted by molar-refractivity contribution is 9.10. The molecule has 1 aromatic carbocycles. The summed E-state index contributed by atoms with van der Waals surface area (Å²) in [7, 11) is 0. The zero-order chi connectivity index (χ0) is 16.2. The van der Waals surface area contributed by atoms with Gasteiger partial charge in [0.05, 0.1) is 4.47 Å². The molecular weight excluding hydrogens is 342 g/mol. The highest BCUT2D eigenvalue weighted by atomic mass is 79.9. The first kappa shape index (κ1) is 17.3. The minimum absolute atomic E-state index is 0.0609. The minimum atomic E-state index is -1.16. The molecule has 0 aliphatic heterocycles. The summed E-state index contributed by atoms with van der Waals surface area (Å²) < 4.78 is 5.50. The van der Waals surface area contributed by atoms with Crippen LogP contribution in [0.4, 0.5) is 4.79 Å². The van der Waals surface area contributed by atoms with Crippen molar-refractivity contribution in [1.29, 1.82) is 0 Å². The number of hydrogen-bond acceptors (Lipinski definition) is 4. The smallest absolute Gasteiger partial charge is 0.408 e. The Hall–Kier alpha value is -1.76. The number of carbonyl (C=O) groups is 2. The number of benzene rings is 1. The number of carboxylic acid groups (broad SMARTS) is 1. The van der Waals surface area contributed by atoms with Gasteiger partial charge in [-0.15, -0.1) is 0 Å². The van der Waals surface area contributed by atoms with E-state index in [1.807, 2.05) is 0 Å². The summed E-state index contributed by atoms with van der Waals surface area (Å²) in [6.07, 6.45) is -0.708. The molecule has 3 N–H and O–H groups in total. The van der Waals surface area contributed by atoms with Gasteiger partial charge in [-0.1, -0.05) is 6.07 Å². The van der Waals surface area contributed by atoms with Crippen LogP contribution < -0.4 is 5.32 Å². The Morgan fingerprint density at radius 3 is 2.48 bits per heavy atom. The largest absolute Gasteiger partial charge is 0.507 e. The van der Waals surface area contributed by atoms with E-state index in [1.54, 1.807) is 32.9 Å². The molecule has 1 amide bonds. The lowest BCUT2D eigenvalue weighted by Crippen LogP contribution is -2.44. The van der Waals surface area contributed by atoms with Crippen LogP contribution >= 0.6 is 15.9 Å². The molecule has 0 aliphatic carbocycles. The molecule has 7 heteroatoms. The second-order valence-electron chi connectivity index (χ2n) is 5.53. The number of halogens is 1.